The first-order chi connectivity index (χ1) is 9.29. The van der Waals surface area contributed by atoms with E-state index in [-0.39, 0.29) is 5.97 Å². The molecule has 106 valence electrons. The van der Waals surface area contributed by atoms with Crippen molar-refractivity contribution in [2.45, 2.75) is 25.8 Å². The minimum Gasteiger partial charge on any atom is -0.465 e. The topological polar surface area (TPSA) is 38.3 Å². The third-order valence-electron chi connectivity index (χ3n) is 2.94. The molecule has 0 radical (unpaired) electrons. The van der Waals surface area contributed by atoms with Gasteiger partial charge in [-0.05, 0) is 43.0 Å². The quantitative estimate of drug-likeness (QED) is 0.557. The third-order valence-corrected chi connectivity index (χ3v) is 3.64. The lowest BCUT2D eigenvalue weighted by molar-refractivity contribution is 0.0599. The molecule has 1 aromatic carbocycles. The molecule has 1 aromatic rings. The summed E-state index contributed by atoms with van der Waals surface area (Å²) < 4.78 is 4.78. The van der Waals surface area contributed by atoms with Gasteiger partial charge in [0.15, 0.2) is 0 Å². The Morgan fingerprint density at radius 1 is 1.26 bits per heavy atom. The molecular formula is C15H23NO2S. The normalized spacial score (nSPS) is 10.4. The molecule has 1 N–H and O–H groups in total. The molecule has 4 heteroatoms. The SMILES string of the molecule is COC(=O)c1ccccc1CNCCCCCSC. The first kappa shape index (κ1) is 16.1. The average Bonchev–Trinajstić information content (AvgIpc) is 2.46. The number of esters is 1. The molecule has 19 heavy (non-hydrogen) atoms. The van der Waals surface area contributed by atoms with Crippen LogP contribution in [-0.4, -0.2) is 31.6 Å². The Morgan fingerprint density at radius 2 is 2.05 bits per heavy atom. The average molecular weight is 281 g/mol. The summed E-state index contributed by atoms with van der Waals surface area (Å²) in [6.45, 7) is 1.71. The second kappa shape index (κ2) is 9.87. The van der Waals surface area contributed by atoms with Crippen LogP contribution in [0.4, 0.5) is 0 Å². The van der Waals surface area contributed by atoms with Crippen molar-refractivity contribution in [3.05, 3.63) is 35.4 Å². The molecule has 0 heterocycles. The lowest BCUT2D eigenvalue weighted by Gasteiger charge is -2.09. The highest BCUT2D eigenvalue weighted by Gasteiger charge is 2.09. The van der Waals surface area contributed by atoms with Crippen LogP contribution < -0.4 is 5.32 Å². The van der Waals surface area contributed by atoms with Crippen molar-refractivity contribution in [1.82, 2.24) is 5.32 Å². The number of carbonyl (C=O) groups excluding carboxylic acids is 1. The van der Waals surface area contributed by atoms with Gasteiger partial charge in [-0.1, -0.05) is 24.6 Å². The van der Waals surface area contributed by atoms with Gasteiger partial charge in [0.25, 0.3) is 0 Å². The summed E-state index contributed by atoms with van der Waals surface area (Å²) in [7, 11) is 1.41. The number of ether oxygens (including phenoxy) is 1. The van der Waals surface area contributed by atoms with Crippen LogP contribution in [0.3, 0.4) is 0 Å². The molecule has 0 amide bonds. The van der Waals surface area contributed by atoms with Crippen LogP contribution >= 0.6 is 11.8 Å². The summed E-state index contributed by atoms with van der Waals surface area (Å²) in [6, 6.07) is 7.58. The van der Waals surface area contributed by atoms with Crippen molar-refractivity contribution in [1.29, 1.82) is 0 Å². The molecule has 0 aliphatic rings. The van der Waals surface area contributed by atoms with E-state index in [2.05, 4.69) is 11.6 Å². The van der Waals surface area contributed by atoms with Crippen molar-refractivity contribution in [2.24, 2.45) is 0 Å². The highest BCUT2D eigenvalue weighted by atomic mass is 32.2. The van der Waals surface area contributed by atoms with Crippen LogP contribution in [0.5, 0.6) is 0 Å². The van der Waals surface area contributed by atoms with Crippen molar-refractivity contribution < 1.29 is 9.53 Å². The van der Waals surface area contributed by atoms with E-state index in [0.29, 0.717) is 12.1 Å². The molecule has 0 saturated heterocycles. The zero-order valence-corrected chi connectivity index (χ0v) is 12.6. The van der Waals surface area contributed by atoms with E-state index in [1.807, 2.05) is 30.0 Å². The number of hydrogen-bond donors (Lipinski definition) is 1. The number of unbranched alkanes of at least 4 members (excludes halogenated alkanes) is 2. The molecule has 0 atom stereocenters. The fourth-order valence-electron chi connectivity index (χ4n) is 1.88. The summed E-state index contributed by atoms with van der Waals surface area (Å²) >= 11 is 1.90. The number of methoxy groups -OCH3 is 1. The van der Waals surface area contributed by atoms with Crippen LogP contribution in [0, 0.1) is 0 Å². The number of nitrogens with one attached hydrogen (secondary N) is 1. The largest absolute Gasteiger partial charge is 0.465 e. The zero-order chi connectivity index (χ0) is 13.9. The Hall–Kier alpha value is -1.00. The number of thioether (sulfide) groups is 1. The second-order valence-corrected chi connectivity index (χ2v) is 5.36. The number of hydrogen-bond acceptors (Lipinski definition) is 4. The molecule has 0 bridgehead atoms. The van der Waals surface area contributed by atoms with Crippen molar-refractivity contribution in [3.8, 4) is 0 Å². The van der Waals surface area contributed by atoms with E-state index in [0.717, 1.165) is 12.1 Å². The predicted molar refractivity (Wildman–Crippen MR) is 81.7 cm³/mol. The van der Waals surface area contributed by atoms with Crippen molar-refractivity contribution in [2.75, 3.05) is 25.7 Å². The Morgan fingerprint density at radius 3 is 2.79 bits per heavy atom. The van der Waals surface area contributed by atoms with Crippen LogP contribution in [0.2, 0.25) is 0 Å². The number of carbonyl (C=O) groups is 1. The van der Waals surface area contributed by atoms with E-state index in [1.54, 1.807) is 6.07 Å². The molecule has 0 saturated carbocycles. The lowest BCUT2D eigenvalue weighted by Crippen LogP contribution is -2.17. The summed E-state index contributed by atoms with van der Waals surface area (Å²) in [5, 5.41) is 3.38. The monoisotopic (exact) mass is 281 g/mol. The van der Waals surface area contributed by atoms with Crippen LogP contribution in [0.1, 0.15) is 35.2 Å². The van der Waals surface area contributed by atoms with Gasteiger partial charge in [0.05, 0.1) is 12.7 Å². The Bertz CT molecular complexity index is 382. The van der Waals surface area contributed by atoms with Gasteiger partial charge in [-0.25, -0.2) is 4.79 Å². The van der Waals surface area contributed by atoms with Gasteiger partial charge in [0.1, 0.15) is 0 Å². The van der Waals surface area contributed by atoms with Gasteiger partial charge < -0.3 is 10.1 Å². The molecule has 0 spiro atoms. The van der Waals surface area contributed by atoms with Gasteiger partial charge in [-0.3, -0.25) is 0 Å². The van der Waals surface area contributed by atoms with Crippen LogP contribution in [0.15, 0.2) is 24.3 Å². The van der Waals surface area contributed by atoms with Gasteiger partial charge in [0.2, 0.25) is 0 Å². The van der Waals surface area contributed by atoms with E-state index in [4.69, 9.17) is 4.74 Å². The Balaban J connectivity index is 2.31. The molecule has 3 nitrogen and oxygen atoms in total. The van der Waals surface area contributed by atoms with E-state index < -0.39 is 0 Å². The van der Waals surface area contributed by atoms with Crippen molar-refractivity contribution in [3.63, 3.8) is 0 Å². The van der Waals surface area contributed by atoms with Gasteiger partial charge in [-0.15, -0.1) is 0 Å². The maximum atomic E-state index is 11.6. The molecule has 0 fully saturated rings. The predicted octanol–water partition coefficient (Wildman–Crippen LogP) is 3.10. The van der Waals surface area contributed by atoms with Gasteiger partial charge in [-0.2, -0.15) is 11.8 Å². The molecule has 0 aromatic heterocycles. The minimum absolute atomic E-state index is 0.266. The highest BCUT2D eigenvalue weighted by molar-refractivity contribution is 7.98. The van der Waals surface area contributed by atoms with Crippen LogP contribution in [0.25, 0.3) is 0 Å². The first-order valence-electron chi connectivity index (χ1n) is 6.65. The maximum Gasteiger partial charge on any atom is 0.338 e. The molecule has 1 rings (SSSR count). The summed E-state index contributed by atoms with van der Waals surface area (Å²) in [5.74, 6) is 0.975. The van der Waals surface area contributed by atoms with E-state index >= 15 is 0 Å². The van der Waals surface area contributed by atoms with E-state index in [9.17, 15) is 4.79 Å². The van der Waals surface area contributed by atoms with Crippen molar-refractivity contribution >= 4 is 17.7 Å². The highest BCUT2D eigenvalue weighted by Crippen LogP contribution is 2.10. The Labute approximate surface area is 120 Å². The smallest absolute Gasteiger partial charge is 0.338 e. The molecular weight excluding hydrogens is 258 g/mol. The lowest BCUT2D eigenvalue weighted by atomic mass is 10.1. The first-order valence-corrected chi connectivity index (χ1v) is 8.05. The molecule has 0 unspecified atom stereocenters. The minimum atomic E-state index is -0.266. The molecule has 0 aliphatic carbocycles. The summed E-state index contributed by atoms with van der Waals surface area (Å²) in [4.78, 5) is 11.6. The summed E-state index contributed by atoms with van der Waals surface area (Å²) in [6.07, 6.45) is 5.86. The maximum absolute atomic E-state index is 11.6. The zero-order valence-electron chi connectivity index (χ0n) is 11.8. The standard InChI is InChI=1S/C15H23NO2S/c1-18-15(17)14-9-5-4-8-13(14)12-16-10-6-3-7-11-19-2/h4-5,8-9,16H,3,6-7,10-12H2,1-2H3. The molecule has 0 aliphatic heterocycles. The third kappa shape index (κ3) is 6.12. The second-order valence-electron chi connectivity index (χ2n) is 4.38. The Kier molecular flexibility index (Phi) is 8.34. The van der Waals surface area contributed by atoms with Crippen LogP contribution in [-0.2, 0) is 11.3 Å². The van der Waals surface area contributed by atoms with Gasteiger partial charge >= 0.3 is 5.97 Å². The number of benzene rings is 1. The van der Waals surface area contributed by atoms with Gasteiger partial charge in [0, 0.05) is 6.54 Å². The van der Waals surface area contributed by atoms with E-state index in [1.165, 1.54) is 32.1 Å². The summed E-state index contributed by atoms with van der Waals surface area (Å²) in [5.41, 5.74) is 1.65. The fourth-order valence-corrected chi connectivity index (χ4v) is 2.37. The fraction of sp³-hybridized carbons (Fsp3) is 0.533. The number of rotatable bonds is 9.